The molecule has 0 aromatic rings. The second-order valence-corrected chi connectivity index (χ2v) is 0.650. The van der Waals surface area contributed by atoms with E-state index in [0.717, 1.165) is 0 Å². The molecule has 0 atom stereocenters. The topological polar surface area (TPSA) is 94.2 Å². The summed E-state index contributed by atoms with van der Waals surface area (Å²) in [7, 11) is 0. The Morgan fingerprint density at radius 3 is 2.33 bits per heavy atom. The highest BCUT2D eigenvalue weighted by molar-refractivity contribution is 5.73. The van der Waals surface area contributed by atoms with Crippen molar-refractivity contribution in [1.29, 1.82) is 5.41 Å². The lowest BCUT2D eigenvalue weighted by Gasteiger charge is -1.93. The number of hydrogen-bond donors (Lipinski definition) is 5. The zero-order valence-electron chi connectivity index (χ0n) is 3.02. The van der Waals surface area contributed by atoms with Gasteiger partial charge in [0.15, 0.2) is 0 Å². The Balaban J connectivity index is 2.83. The second kappa shape index (κ2) is 2.43. The summed E-state index contributed by atoms with van der Waals surface area (Å²) in [6.45, 7) is 0. The molecule has 0 spiro atoms. The van der Waals surface area contributed by atoms with Crippen LogP contribution in [0.5, 0.6) is 0 Å². The molecule has 5 heteroatoms. The summed E-state index contributed by atoms with van der Waals surface area (Å²) in [6.07, 6.45) is 0. The first-order valence-electron chi connectivity index (χ1n) is 1.26. The lowest BCUT2D eigenvalue weighted by Crippen LogP contribution is -2.39. The molecule has 6 N–H and O–H groups in total. The Morgan fingerprint density at radius 2 is 2.33 bits per heavy atom. The monoisotopic (exact) mass is 90.1 g/mol. The molecule has 36 valence electrons. The van der Waals surface area contributed by atoms with Gasteiger partial charge in [0, 0.05) is 0 Å². The van der Waals surface area contributed by atoms with E-state index in [0.29, 0.717) is 0 Å². The number of hydrazine groups is 1. The molecule has 0 aliphatic heterocycles. The van der Waals surface area contributed by atoms with Crippen molar-refractivity contribution in [1.82, 2.24) is 11.0 Å². The van der Waals surface area contributed by atoms with Gasteiger partial charge in [0.25, 0.3) is 0 Å². The maximum atomic E-state index is 7.65. The van der Waals surface area contributed by atoms with Gasteiger partial charge in [-0.25, -0.2) is 0 Å². The van der Waals surface area contributed by atoms with Crippen molar-refractivity contribution in [3.8, 4) is 0 Å². The van der Waals surface area contributed by atoms with E-state index in [1.54, 1.807) is 0 Å². The normalized spacial score (nSPS) is 7.50. The largest absolute Gasteiger partial charge is 0.369 e. The van der Waals surface area contributed by atoms with E-state index in [-0.39, 0.29) is 5.96 Å². The first-order chi connectivity index (χ1) is 2.77. The summed E-state index contributed by atoms with van der Waals surface area (Å²) >= 11 is 0. The van der Waals surface area contributed by atoms with Gasteiger partial charge in [-0.15, -0.1) is 5.59 Å². The van der Waals surface area contributed by atoms with E-state index in [2.05, 4.69) is 5.73 Å². The van der Waals surface area contributed by atoms with Crippen LogP contribution in [0.4, 0.5) is 0 Å². The Hall–Kier alpha value is -0.810. The minimum Gasteiger partial charge on any atom is -0.369 e. The molecule has 0 aromatic carbocycles. The molecular formula is CH6N4O. The van der Waals surface area contributed by atoms with Crippen molar-refractivity contribution in [2.24, 2.45) is 5.73 Å². The van der Waals surface area contributed by atoms with Crippen LogP contribution in [-0.4, -0.2) is 11.2 Å². The van der Waals surface area contributed by atoms with Crippen molar-refractivity contribution in [3.63, 3.8) is 0 Å². The average molecular weight is 90.1 g/mol. The highest BCUT2D eigenvalue weighted by Gasteiger charge is 1.73. The highest BCUT2D eigenvalue weighted by atomic mass is 16.5. The molecule has 0 aliphatic carbocycles. The molecule has 0 amide bonds. The van der Waals surface area contributed by atoms with Gasteiger partial charge in [-0.05, 0) is 0 Å². The molecule has 0 aliphatic rings. The van der Waals surface area contributed by atoms with Crippen LogP contribution in [0.15, 0.2) is 0 Å². The fourth-order valence-corrected chi connectivity index (χ4v) is 0.0602. The van der Waals surface area contributed by atoms with Crippen molar-refractivity contribution in [2.45, 2.75) is 0 Å². The standard InChI is InChI=1S/CH6N4O/c2-1(3)4-5-6/h5-6H,(H4,2,3,4). The molecule has 0 heterocycles. The van der Waals surface area contributed by atoms with Crippen molar-refractivity contribution in [3.05, 3.63) is 0 Å². The number of nitrogens with one attached hydrogen (secondary N) is 3. The maximum Gasteiger partial charge on any atom is 0.202 e. The van der Waals surface area contributed by atoms with Gasteiger partial charge in [-0.1, -0.05) is 0 Å². The lowest BCUT2D eigenvalue weighted by molar-refractivity contribution is 0.144. The van der Waals surface area contributed by atoms with E-state index < -0.39 is 0 Å². The highest BCUT2D eigenvalue weighted by Crippen LogP contribution is 1.32. The summed E-state index contributed by atoms with van der Waals surface area (Å²) < 4.78 is 0. The minimum atomic E-state index is -0.322. The van der Waals surface area contributed by atoms with Gasteiger partial charge >= 0.3 is 0 Å². The van der Waals surface area contributed by atoms with Crippen LogP contribution >= 0.6 is 0 Å². The first-order valence-corrected chi connectivity index (χ1v) is 1.26. The second-order valence-electron chi connectivity index (χ2n) is 0.650. The summed E-state index contributed by atoms with van der Waals surface area (Å²) in [6, 6.07) is 0. The Morgan fingerprint density at radius 1 is 1.83 bits per heavy atom. The van der Waals surface area contributed by atoms with Gasteiger partial charge in [-0.2, -0.15) is 0 Å². The SMILES string of the molecule is N=C(N)NNO. The average Bonchev–Trinajstić information content (AvgIpc) is 1.35. The summed E-state index contributed by atoms with van der Waals surface area (Å²) in [5, 5.41) is 14.0. The smallest absolute Gasteiger partial charge is 0.202 e. The van der Waals surface area contributed by atoms with E-state index in [9.17, 15) is 0 Å². The zero-order valence-corrected chi connectivity index (χ0v) is 3.02. The summed E-state index contributed by atoms with van der Waals surface area (Å²) in [4.78, 5) is 0. The third-order valence-corrected chi connectivity index (χ3v) is 0.191. The number of hydrogen-bond acceptors (Lipinski definition) is 3. The fraction of sp³-hybridized carbons (Fsp3) is 0. The molecule has 6 heavy (non-hydrogen) atoms. The number of guanidine groups is 1. The van der Waals surface area contributed by atoms with Crippen molar-refractivity contribution >= 4 is 5.96 Å². The van der Waals surface area contributed by atoms with Crippen LogP contribution < -0.4 is 16.7 Å². The summed E-state index contributed by atoms with van der Waals surface area (Å²) in [5.41, 5.74) is 8.00. The van der Waals surface area contributed by atoms with E-state index >= 15 is 0 Å². The number of rotatable bonds is 1. The van der Waals surface area contributed by atoms with Crippen LogP contribution in [0.1, 0.15) is 0 Å². The summed E-state index contributed by atoms with van der Waals surface area (Å²) in [5.74, 6) is -0.322. The molecule has 0 aromatic heterocycles. The Bertz CT molecular complexity index is 51.5. The molecular weight excluding hydrogens is 84.0 g/mol. The van der Waals surface area contributed by atoms with E-state index in [1.165, 1.54) is 5.59 Å². The lowest BCUT2D eigenvalue weighted by atomic mass is 11.1. The predicted molar refractivity (Wildman–Crippen MR) is 20.0 cm³/mol. The molecule has 5 nitrogen and oxygen atoms in total. The molecule has 0 saturated heterocycles. The molecule has 0 rings (SSSR count). The fourth-order valence-electron chi connectivity index (χ4n) is 0.0602. The minimum absolute atomic E-state index is 0.322. The third-order valence-electron chi connectivity index (χ3n) is 0.191. The van der Waals surface area contributed by atoms with Crippen molar-refractivity contribution < 1.29 is 5.21 Å². The van der Waals surface area contributed by atoms with Gasteiger partial charge in [0.1, 0.15) is 0 Å². The van der Waals surface area contributed by atoms with Gasteiger partial charge in [0.2, 0.25) is 5.96 Å². The third kappa shape index (κ3) is 3.19. The predicted octanol–water partition coefficient (Wildman–Crippen LogP) is -1.64. The first kappa shape index (κ1) is 5.19. The molecule has 0 radical (unpaired) electrons. The van der Waals surface area contributed by atoms with Crippen LogP contribution in [-0.2, 0) is 0 Å². The Labute approximate surface area is 34.6 Å². The quantitative estimate of drug-likeness (QED) is 0.152. The number of nitrogens with two attached hydrogens (primary N) is 1. The van der Waals surface area contributed by atoms with Crippen LogP contribution in [0.2, 0.25) is 0 Å². The molecule has 0 saturated carbocycles. The van der Waals surface area contributed by atoms with E-state index in [4.69, 9.17) is 10.6 Å². The Kier molecular flexibility index (Phi) is 2.10. The molecule has 0 unspecified atom stereocenters. The molecule has 0 fully saturated rings. The van der Waals surface area contributed by atoms with Gasteiger partial charge < -0.3 is 5.73 Å². The van der Waals surface area contributed by atoms with Gasteiger partial charge in [0.05, 0.1) is 0 Å². The van der Waals surface area contributed by atoms with Crippen LogP contribution in [0.3, 0.4) is 0 Å². The maximum absolute atomic E-state index is 7.65. The van der Waals surface area contributed by atoms with Gasteiger partial charge in [-0.3, -0.25) is 16.0 Å². The molecule has 0 bridgehead atoms. The van der Waals surface area contributed by atoms with Crippen LogP contribution in [0.25, 0.3) is 0 Å². The van der Waals surface area contributed by atoms with E-state index in [1.807, 2.05) is 5.43 Å². The van der Waals surface area contributed by atoms with Crippen molar-refractivity contribution in [2.75, 3.05) is 0 Å². The van der Waals surface area contributed by atoms with Crippen LogP contribution in [0, 0.1) is 5.41 Å². The zero-order chi connectivity index (χ0) is 4.99.